The van der Waals surface area contributed by atoms with Crippen molar-refractivity contribution in [1.29, 1.82) is 0 Å². The second-order valence-electron chi connectivity index (χ2n) is 4.85. The Morgan fingerprint density at radius 2 is 1.79 bits per heavy atom. The van der Waals surface area contributed by atoms with Crippen molar-refractivity contribution in [3.05, 3.63) is 41.7 Å². The highest BCUT2D eigenvalue weighted by molar-refractivity contribution is 7.89. The molecule has 0 unspecified atom stereocenters. The Kier molecular flexibility index (Phi) is 3.19. The third-order valence-electron chi connectivity index (χ3n) is 2.67. The van der Waals surface area contributed by atoms with Gasteiger partial charge in [0.05, 0.1) is 11.1 Å². The van der Waals surface area contributed by atoms with Crippen molar-refractivity contribution < 1.29 is 13.5 Å². The number of hydrogen-bond acceptors (Lipinski definition) is 5. The molecule has 6 nitrogen and oxygen atoms in total. The zero-order valence-corrected chi connectivity index (χ0v) is 11.7. The Hall–Kier alpha value is -1.73. The molecule has 0 bridgehead atoms. The molecule has 0 aliphatic carbocycles. The van der Waals surface area contributed by atoms with Crippen molar-refractivity contribution in [2.75, 3.05) is 0 Å². The van der Waals surface area contributed by atoms with Crippen LogP contribution in [0, 0.1) is 6.92 Å². The predicted molar refractivity (Wildman–Crippen MR) is 69.0 cm³/mol. The molecular weight excluding hydrogens is 266 g/mol. The lowest BCUT2D eigenvalue weighted by Crippen LogP contribution is -2.16. The highest BCUT2D eigenvalue weighted by atomic mass is 32.2. The minimum atomic E-state index is -3.76. The summed E-state index contributed by atoms with van der Waals surface area (Å²) in [5, 5.41) is 17.0. The van der Waals surface area contributed by atoms with Gasteiger partial charge in [-0.1, -0.05) is 22.9 Å². The van der Waals surface area contributed by atoms with Gasteiger partial charge in [0.1, 0.15) is 11.3 Å². The minimum absolute atomic E-state index is 0.130. The van der Waals surface area contributed by atoms with Gasteiger partial charge in [-0.25, -0.2) is 0 Å². The lowest BCUT2D eigenvalue weighted by Gasteiger charge is -2.11. The third-order valence-corrected chi connectivity index (χ3v) is 4.20. The summed E-state index contributed by atoms with van der Waals surface area (Å²) in [6.07, 6.45) is 1.22. The first kappa shape index (κ1) is 13.7. The van der Waals surface area contributed by atoms with Gasteiger partial charge in [0.15, 0.2) is 0 Å². The normalized spacial score (nSPS) is 12.6. The molecule has 2 aromatic rings. The zero-order chi connectivity index (χ0) is 14.3. The molecule has 1 aromatic carbocycles. The molecular formula is C12H15N3O3S. The first-order chi connectivity index (χ1) is 8.71. The second kappa shape index (κ2) is 4.43. The molecule has 1 aromatic heterocycles. The molecule has 1 N–H and O–H groups in total. The summed E-state index contributed by atoms with van der Waals surface area (Å²) in [4.78, 5) is 0.130. The Balaban J connectivity index is 2.46. The van der Waals surface area contributed by atoms with Crippen LogP contribution in [0.1, 0.15) is 25.1 Å². The van der Waals surface area contributed by atoms with Crippen molar-refractivity contribution >= 4 is 10.0 Å². The molecule has 0 atom stereocenters. The van der Waals surface area contributed by atoms with Crippen molar-refractivity contribution in [3.8, 4) is 0 Å². The smallest absolute Gasteiger partial charge is 0.284 e. The van der Waals surface area contributed by atoms with Gasteiger partial charge in [0.25, 0.3) is 10.0 Å². The van der Waals surface area contributed by atoms with E-state index in [9.17, 15) is 13.5 Å². The van der Waals surface area contributed by atoms with E-state index >= 15 is 0 Å². The van der Waals surface area contributed by atoms with Gasteiger partial charge in [-0.15, -0.1) is 9.19 Å². The SMILES string of the molecule is Cc1ccc(S(=O)(=O)n2cc(C(C)(C)O)nn2)cc1. The molecule has 0 amide bonds. The molecule has 7 heteroatoms. The molecule has 102 valence electrons. The number of nitrogens with zero attached hydrogens (tertiary/aromatic N) is 3. The lowest BCUT2D eigenvalue weighted by molar-refractivity contribution is 0.0737. The van der Waals surface area contributed by atoms with Crippen LogP contribution in [0.2, 0.25) is 0 Å². The lowest BCUT2D eigenvalue weighted by atomic mass is 10.1. The Morgan fingerprint density at radius 3 is 2.26 bits per heavy atom. The van der Waals surface area contributed by atoms with Gasteiger partial charge in [-0.05, 0) is 32.9 Å². The van der Waals surface area contributed by atoms with Gasteiger partial charge in [-0.2, -0.15) is 8.42 Å². The Morgan fingerprint density at radius 1 is 1.21 bits per heavy atom. The van der Waals surface area contributed by atoms with E-state index in [0.717, 1.165) is 9.65 Å². The predicted octanol–water partition coefficient (Wildman–Crippen LogP) is 1.05. The van der Waals surface area contributed by atoms with Crippen LogP contribution in [0.15, 0.2) is 35.4 Å². The van der Waals surface area contributed by atoms with Crippen LogP contribution in [0.5, 0.6) is 0 Å². The van der Waals surface area contributed by atoms with Crippen molar-refractivity contribution in [3.63, 3.8) is 0 Å². The van der Waals surface area contributed by atoms with E-state index in [1.54, 1.807) is 12.1 Å². The van der Waals surface area contributed by atoms with Crippen LogP contribution in [0.4, 0.5) is 0 Å². The fourth-order valence-electron chi connectivity index (χ4n) is 1.46. The highest BCUT2D eigenvalue weighted by Gasteiger charge is 2.24. The van der Waals surface area contributed by atoms with E-state index in [1.807, 2.05) is 6.92 Å². The van der Waals surface area contributed by atoms with Crippen LogP contribution in [-0.4, -0.2) is 27.9 Å². The fourth-order valence-corrected chi connectivity index (χ4v) is 2.53. The molecule has 0 aliphatic heterocycles. The van der Waals surface area contributed by atoms with Crippen LogP contribution < -0.4 is 0 Å². The maximum Gasteiger partial charge on any atom is 0.284 e. The summed E-state index contributed by atoms with van der Waals surface area (Å²) in [5.74, 6) is 0. The van der Waals surface area contributed by atoms with E-state index in [1.165, 1.54) is 32.2 Å². The van der Waals surface area contributed by atoms with Gasteiger partial charge in [0.2, 0.25) is 0 Å². The minimum Gasteiger partial charge on any atom is -0.384 e. The first-order valence-corrected chi connectivity index (χ1v) is 7.13. The average molecular weight is 281 g/mol. The number of aromatic nitrogens is 3. The van der Waals surface area contributed by atoms with Crippen molar-refractivity contribution in [1.82, 2.24) is 14.4 Å². The van der Waals surface area contributed by atoms with Crippen LogP contribution in [0.3, 0.4) is 0 Å². The van der Waals surface area contributed by atoms with E-state index < -0.39 is 15.6 Å². The van der Waals surface area contributed by atoms with E-state index in [-0.39, 0.29) is 10.6 Å². The maximum absolute atomic E-state index is 12.3. The molecule has 1 heterocycles. The summed E-state index contributed by atoms with van der Waals surface area (Å²) >= 11 is 0. The molecule has 19 heavy (non-hydrogen) atoms. The molecule has 2 rings (SSSR count). The third kappa shape index (κ3) is 2.66. The van der Waals surface area contributed by atoms with Crippen LogP contribution >= 0.6 is 0 Å². The Labute approximate surface area is 111 Å². The summed E-state index contributed by atoms with van der Waals surface area (Å²) in [6, 6.07) is 6.44. The number of rotatable bonds is 3. The summed E-state index contributed by atoms with van der Waals surface area (Å²) < 4.78 is 25.3. The second-order valence-corrected chi connectivity index (χ2v) is 6.65. The molecule has 0 saturated heterocycles. The van der Waals surface area contributed by atoms with Crippen LogP contribution in [-0.2, 0) is 15.6 Å². The molecule has 0 fully saturated rings. The van der Waals surface area contributed by atoms with Crippen molar-refractivity contribution in [2.45, 2.75) is 31.3 Å². The van der Waals surface area contributed by atoms with Gasteiger partial charge < -0.3 is 5.11 Å². The molecule has 0 aliphatic rings. The summed E-state index contributed by atoms with van der Waals surface area (Å²) in [7, 11) is -3.76. The van der Waals surface area contributed by atoms with Crippen LogP contribution in [0.25, 0.3) is 0 Å². The topological polar surface area (TPSA) is 85.1 Å². The van der Waals surface area contributed by atoms with E-state index in [4.69, 9.17) is 0 Å². The quantitative estimate of drug-likeness (QED) is 0.909. The monoisotopic (exact) mass is 281 g/mol. The number of benzene rings is 1. The molecule has 0 spiro atoms. The van der Waals surface area contributed by atoms with Gasteiger partial charge >= 0.3 is 0 Å². The largest absolute Gasteiger partial charge is 0.384 e. The Bertz CT molecular complexity index is 682. The van der Waals surface area contributed by atoms with E-state index in [2.05, 4.69) is 10.3 Å². The first-order valence-electron chi connectivity index (χ1n) is 5.69. The van der Waals surface area contributed by atoms with E-state index in [0.29, 0.717) is 0 Å². The molecule has 0 radical (unpaired) electrons. The summed E-state index contributed by atoms with van der Waals surface area (Å²) in [6.45, 7) is 4.90. The van der Waals surface area contributed by atoms with Gasteiger partial charge in [-0.3, -0.25) is 0 Å². The highest BCUT2D eigenvalue weighted by Crippen LogP contribution is 2.19. The number of hydrogen-bond donors (Lipinski definition) is 1. The van der Waals surface area contributed by atoms with Gasteiger partial charge in [0, 0.05) is 0 Å². The maximum atomic E-state index is 12.3. The molecule has 0 saturated carbocycles. The number of aryl methyl sites for hydroxylation is 1. The average Bonchev–Trinajstić information content (AvgIpc) is 2.79. The number of aliphatic hydroxyl groups is 1. The van der Waals surface area contributed by atoms with Crippen molar-refractivity contribution in [2.24, 2.45) is 0 Å². The standard InChI is InChI=1S/C12H15N3O3S/c1-9-4-6-10(7-5-9)19(17,18)15-8-11(13-14-15)12(2,3)16/h4-8,16H,1-3H3. The summed E-state index contributed by atoms with van der Waals surface area (Å²) in [5.41, 5.74) is -0.0703. The fraction of sp³-hybridized carbons (Fsp3) is 0.333. The zero-order valence-electron chi connectivity index (χ0n) is 10.9.